The summed E-state index contributed by atoms with van der Waals surface area (Å²) in [5, 5.41) is 0. The lowest BCUT2D eigenvalue weighted by molar-refractivity contribution is -0.148. The monoisotopic (exact) mass is 137 g/mol. The number of hydrogen-bond donors (Lipinski definition) is 0. The van der Waals surface area contributed by atoms with Gasteiger partial charge in [0.15, 0.2) is 0 Å². The molecule has 0 aromatic heterocycles. The van der Waals surface area contributed by atoms with Crippen molar-refractivity contribution < 1.29 is 21.9 Å². The molecule has 0 heterocycles. The topological polar surface area (TPSA) is 26.3 Å². The predicted molar refractivity (Wildman–Crippen MR) is 36.0 cm³/mol. The van der Waals surface area contributed by atoms with E-state index in [0.29, 0.717) is 6.08 Å². The summed E-state index contributed by atoms with van der Waals surface area (Å²) in [4.78, 5) is 11.1. The number of rotatable bonds is 1. The Morgan fingerprint density at radius 2 is 2.33 bits per heavy atom. The van der Waals surface area contributed by atoms with Crippen molar-refractivity contribution in [3.63, 3.8) is 0 Å². The number of carbonyl (C=O) groups excluding carboxylic acids is 1. The Hall–Kier alpha value is -0.790. The van der Waals surface area contributed by atoms with Crippen LogP contribution in [0.5, 0.6) is 0 Å². The van der Waals surface area contributed by atoms with Crippen LogP contribution in [0.25, 0.3) is 0 Å². The average Bonchev–Trinajstić information content (AvgIpc) is 2.07. The van der Waals surface area contributed by atoms with Gasteiger partial charge in [-0.05, 0) is 20.6 Å². The first-order valence-corrected chi connectivity index (χ1v) is 2.06. The van der Waals surface area contributed by atoms with Gasteiger partial charge in [0.2, 0.25) is 0 Å². The minimum absolute atomic E-state index is 0.498. The molecule has 0 fully saturated rings. The molecule has 0 bridgehead atoms. The van der Waals surface area contributed by atoms with Gasteiger partial charge in [-0.15, -0.1) is 0 Å². The summed E-state index contributed by atoms with van der Waals surface area (Å²) >= 11 is 0. The van der Waals surface area contributed by atoms with Crippen molar-refractivity contribution in [3.05, 3.63) is 12.7 Å². The zero-order valence-electron chi connectivity index (χ0n) is 13.6. The van der Waals surface area contributed by atoms with Crippen LogP contribution in [0.4, 0.5) is 0 Å². The van der Waals surface area contributed by atoms with Crippen molar-refractivity contribution in [1.29, 1.82) is 0 Å². The third kappa shape index (κ3) is 5.07. The maximum atomic E-state index is 11.1. The van der Waals surface area contributed by atoms with Crippen LogP contribution in [-0.2, 0) is 9.53 Å². The third-order valence-electron chi connectivity index (χ3n) is 0.420. The molecule has 0 aromatic carbocycles. The predicted octanol–water partition coefficient (Wildman–Crippen LogP) is 1.51. The number of esters is 1. The van der Waals surface area contributed by atoms with Crippen molar-refractivity contribution >= 4 is 5.97 Å². The van der Waals surface area contributed by atoms with E-state index in [2.05, 4.69) is 11.3 Å². The first-order valence-electron chi connectivity index (χ1n) is 6.56. The van der Waals surface area contributed by atoms with Crippen molar-refractivity contribution in [2.24, 2.45) is 0 Å². The minimum Gasteiger partial charge on any atom is -0.457 e. The molecule has 0 unspecified atom stereocenters. The summed E-state index contributed by atoms with van der Waals surface area (Å²) in [7, 11) is 0. The van der Waals surface area contributed by atoms with Crippen LogP contribution in [0.15, 0.2) is 12.7 Å². The van der Waals surface area contributed by atoms with Gasteiger partial charge in [0.1, 0.15) is 5.60 Å². The highest BCUT2D eigenvalue weighted by atomic mass is 16.6. The molecule has 0 aliphatic rings. The number of ether oxygens (including phenoxy) is 1. The van der Waals surface area contributed by atoms with Crippen LogP contribution in [0.2, 0.25) is 0 Å². The van der Waals surface area contributed by atoms with Gasteiger partial charge in [-0.2, -0.15) is 0 Å². The first kappa shape index (κ1) is 1.62. The van der Waals surface area contributed by atoms with Crippen molar-refractivity contribution in [1.82, 2.24) is 0 Å². The third-order valence-corrected chi connectivity index (χ3v) is 0.420. The molecule has 0 aliphatic carbocycles. The zero-order chi connectivity index (χ0) is 15.0. The van der Waals surface area contributed by atoms with E-state index in [1.165, 1.54) is 0 Å². The maximum absolute atomic E-state index is 11.1. The molecule has 52 valence electrons. The van der Waals surface area contributed by atoms with Crippen LogP contribution in [0.1, 0.15) is 32.9 Å². The molecule has 0 radical (unpaired) electrons. The molecule has 0 spiro atoms. The van der Waals surface area contributed by atoms with Gasteiger partial charge in [0, 0.05) is 18.4 Å². The maximum Gasteiger partial charge on any atom is 0.330 e. The van der Waals surface area contributed by atoms with Gasteiger partial charge in [0.25, 0.3) is 0 Å². The summed E-state index contributed by atoms with van der Waals surface area (Å²) in [6.07, 6.45) is 0.498. The Morgan fingerprint density at radius 3 is 2.67 bits per heavy atom. The van der Waals surface area contributed by atoms with E-state index in [1.54, 1.807) is 0 Å². The Kier molecular flexibility index (Phi) is 0.481. The highest BCUT2D eigenvalue weighted by molar-refractivity contribution is 5.81. The van der Waals surface area contributed by atoms with Gasteiger partial charge < -0.3 is 4.74 Å². The summed E-state index contributed by atoms with van der Waals surface area (Å²) < 4.78 is 68.3. The van der Waals surface area contributed by atoms with E-state index in [9.17, 15) is 4.79 Å². The molecule has 0 N–H and O–H groups in total. The second-order valence-corrected chi connectivity index (χ2v) is 1.31. The molecule has 0 aliphatic heterocycles. The van der Waals surface area contributed by atoms with Crippen LogP contribution in [0.3, 0.4) is 0 Å². The number of hydrogen-bond acceptors (Lipinski definition) is 2. The molecule has 0 saturated heterocycles. The molecule has 2 nitrogen and oxygen atoms in total. The van der Waals surface area contributed by atoms with Crippen LogP contribution in [-0.4, -0.2) is 11.6 Å². The molecule has 9 heavy (non-hydrogen) atoms. The second kappa shape index (κ2) is 2.67. The smallest absolute Gasteiger partial charge is 0.330 e. The van der Waals surface area contributed by atoms with Gasteiger partial charge in [-0.3, -0.25) is 0 Å². The quantitative estimate of drug-likeness (QED) is 0.404. The van der Waals surface area contributed by atoms with Crippen molar-refractivity contribution in [2.45, 2.75) is 26.2 Å². The molecular weight excluding hydrogens is 116 g/mol. The van der Waals surface area contributed by atoms with Crippen LogP contribution in [0, 0.1) is 0 Å². The first-order chi connectivity index (χ1) is 7.70. The molecule has 2 heteroatoms. The van der Waals surface area contributed by atoms with Crippen LogP contribution < -0.4 is 0 Å². The van der Waals surface area contributed by atoms with E-state index in [0.717, 1.165) is 0 Å². The van der Waals surface area contributed by atoms with E-state index in [-0.39, 0.29) is 0 Å². The molecule has 0 saturated carbocycles. The van der Waals surface area contributed by atoms with Gasteiger partial charge in [-0.25, -0.2) is 4.79 Å². The largest absolute Gasteiger partial charge is 0.457 e. The van der Waals surface area contributed by atoms with E-state index in [1.807, 2.05) is 0 Å². The number of carbonyl (C=O) groups is 1. The Morgan fingerprint density at radius 1 is 1.78 bits per heavy atom. The lowest BCUT2D eigenvalue weighted by atomic mass is 10.2. The molecule has 0 aromatic rings. The fourth-order valence-corrected chi connectivity index (χ4v) is 0.193. The van der Waals surface area contributed by atoms with Crippen molar-refractivity contribution in [2.75, 3.05) is 0 Å². The average molecular weight is 137 g/mol. The zero-order valence-corrected chi connectivity index (χ0v) is 4.60. The Labute approximate surface area is 68.2 Å². The molecule has 0 rings (SSSR count). The van der Waals surface area contributed by atoms with E-state index < -0.39 is 32.1 Å². The standard InChI is InChI=1S/C7H12O2/c1-5-6(8)9-7(2,3)4/h5H,1H2,2-4H3/i2D3,3D3,4D3. The highest BCUT2D eigenvalue weighted by Crippen LogP contribution is 2.06. The van der Waals surface area contributed by atoms with E-state index in [4.69, 9.17) is 12.3 Å². The summed E-state index contributed by atoms with van der Waals surface area (Å²) in [5.74, 6) is -1.43. The molecule has 0 amide bonds. The normalized spacial score (nSPS) is 29.6. The van der Waals surface area contributed by atoms with Gasteiger partial charge in [0.05, 0.1) is 0 Å². The SMILES string of the molecule is [2H]C([2H])([2H])C(OC(=O)C=C)(C([2H])([2H])[2H])C([2H])([2H])[2H]. The fraction of sp³-hybridized carbons (Fsp3) is 0.571. The molecular formula is C7H12O2. The lowest BCUT2D eigenvalue weighted by Crippen LogP contribution is -2.22. The highest BCUT2D eigenvalue weighted by Gasteiger charge is 2.12. The Balaban J connectivity index is 6.08. The Bertz CT molecular complexity index is 298. The van der Waals surface area contributed by atoms with E-state index >= 15 is 0 Å². The summed E-state index contributed by atoms with van der Waals surface area (Å²) in [6.45, 7) is -7.69. The van der Waals surface area contributed by atoms with Crippen molar-refractivity contribution in [3.8, 4) is 0 Å². The lowest BCUT2D eigenvalue weighted by Gasteiger charge is -2.17. The fourth-order valence-electron chi connectivity index (χ4n) is 0.193. The van der Waals surface area contributed by atoms with Gasteiger partial charge in [-0.1, -0.05) is 6.58 Å². The second-order valence-electron chi connectivity index (χ2n) is 1.31. The van der Waals surface area contributed by atoms with Crippen LogP contribution >= 0.6 is 0 Å². The van der Waals surface area contributed by atoms with Gasteiger partial charge >= 0.3 is 5.97 Å². The molecule has 0 atom stereocenters. The minimum atomic E-state index is -3.59. The summed E-state index contributed by atoms with van der Waals surface area (Å²) in [5.41, 5.74) is -3.59. The summed E-state index contributed by atoms with van der Waals surface area (Å²) in [6, 6.07) is 0.